The average Bonchev–Trinajstić information content (AvgIpc) is 3.00. The number of unbranched alkanes of at least 4 members (excludes halogenated alkanes) is 2. The molecule has 20 heavy (non-hydrogen) atoms. The van der Waals surface area contributed by atoms with Gasteiger partial charge in [0.1, 0.15) is 0 Å². The number of benzene rings is 1. The van der Waals surface area contributed by atoms with Crippen molar-refractivity contribution in [3.63, 3.8) is 0 Å². The van der Waals surface area contributed by atoms with Gasteiger partial charge >= 0.3 is 0 Å². The van der Waals surface area contributed by atoms with Crippen LogP contribution in [0.2, 0.25) is 0 Å². The SMILES string of the molecule is CCCCCC(NCCc1nccs1)c1ccccc1. The molecule has 2 rings (SSSR count). The van der Waals surface area contributed by atoms with Crippen molar-refractivity contribution in [1.29, 1.82) is 0 Å². The molecule has 0 saturated heterocycles. The summed E-state index contributed by atoms with van der Waals surface area (Å²) in [6.45, 7) is 3.26. The van der Waals surface area contributed by atoms with E-state index >= 15 is 0 Å². The molecular formula is C17H24N2S. The first-order valence-corrected chi connectivity index (χ1v) is 8.45. The van der Waals surface area contributed by atoms with Gasteiger partial charge in [0.15, 0.2) is 0 Å². The van der Waals surface area contributed by atoms with Crippen LogP contribution in [0.1, 0.15) is 49.2 Å². The smallest absolute Gasteiger partial charge is 0.0937 e. The first-order chi connectivity index (χ1) is 9.90. The van der Waals surface area contributed by atoms with Crippen LogP contribution >= 0.6 is 11.3 Å². The van der Waals surface area contributed by atoms with E-state index in [1.54, 1.807) is 11.3 Å². The third-order valence-electron chi connectivity index (χ3n) is 3.51. The summed E-state index contributed by atoms with van der Waals surface area (Å²) in [7, 11) is 0. The van der Waals surface area contributed by atoms with Gasteiger partial charge in [-0.2, -0.15) is 0 Å². The molecule has 1 atom stereocenters. The summed E-state index contributed by atoms with van der Waals surface area (Å²) in [5.41, 5.74) is 1.41. The summed E-state index contributed by atoms with van der Waals surface area (Å²) in [5, 5.41) is 6.97. The van der Waals surface area contributed by atoms with E-state index in [1.165, 1.54) is 36.3 Å². The largest absolute Gasteiger partial charge is 0.310 e. The van der Waals surface area contributed by atoms with Gasteiger partial charge in [-0.3, -0.25) is 0 Å². The Morgan fingerprint density at radius 1 is 1.20 bits per heavy atom. The summed E-state index contributed by atoms with van der Waals surface area (Å²) in [6.07, 6.45) is 8.01. The molecule has 0 fully saturated rings. The minimum absolute atomic E-state index is 0.475. The average molecular weight is 288 g/mol. The summed E-state index contributed by atoms with van der Waals surface area (Å²) >= 11 is 1.74. The molecule has 1 heterocycles. The Balaban J connectivity index is 1.85. The molecule has 2 nitrogen and oxygen atoms in total. The van der Waals surface area contributed by atoms with E-state index in [1.807, 2.05) is 11.6 Å². The molecule has 3 heteroatoms. The Kier molecular flexibility index (Phi) is 6.75. The topological polar surface area (TPSA) is 24.9 Å². The van der Waals surface area contributed by atoms with Crippen LogP contribution in [0.15, 0.2) is 41.9 Å². The number of nitrogens with one attached hydrogen (secondary N) is 1. The molecule has 0 aliphatic heterocycles. The van der Waals surface area contributed by atoms with Crippen molar-refractivity contribution in [1.82, 2.24) is 10.3 Å². The highest BCUT2D eigenvalue weighted by atomic mass is 32.1. The standard InChI is InChI=1S/C17H24N2S/c1-2-3-5-10-16(15-8-6-4-7-9-15)18-12-11-17-19-13-14-20-17/h4,6-9,13-14,16,18H,2-3,5,10-12H2,1H3. The Morgan fingerprint density at radius 3 is 2.75 bits per heavy atom. The zero-order chi connectivity index (χ0) is 14.0. The molecule has 0 bridgehead atoms. The van der Waals surface area contributed by atoms with Gasteiger partial charge in [-0.25, -0.2) is 4.98 Å². The molecule has 0 amide bonds. The first kappa shape index (κ1) is 15.2. The van der Waals surface area contributed by atoms with Gasteiger partial charge in [-0.15, -0.1) is 11.3 Å². The summed E-state index contributed by atoms with van der Waals surface area (Å²) in [5.74, 6) is 0. The Hall–Kier alpha value is -1.19. The van der Waals surface area contributed by atoms with Crippen LogP contribution in [-0.4, -0.2) is 11.5 Å². The predicted octanol–water partition coefficient (Wildman–Crippen LogP) is 4.60. The fourth-order valence-corrected chi connectivity index (χ4v) is 3.02. The molecule has 1 N–H and O–H groups in total. The number of hydrogen-bond donors (Lipinski definition) is 1. The Labute approximate surface area is 126 Å². The van der Waals surface area contributed by atoms with E-state index in [-0.39, 0.29) is 0 Å². The third-order valence-corrected chi connectivity index (χ3v) is 4.35. The van der Waals surface area contributed by atoms with Gasteiger partial charge in [0, 0.05) is 30.6 Å². The lowest BCUT2D eigenvalue weighted by atomic mass is 10.0. The minimum Gasteiger partial charge on any atom is -0.310 e. The van der Waals surface area contributed by atoms with E-state index in [9.17, 15) is 0 Å². The van der Waals surface area contributed by atoms with Gasteiger partial charge < -0.3 is 5.32 Å². The lowest BCUT2D eigenvalue weighted by Gasteiger charge is -2.19. The maximum atomic E-state index is 4.34. The van der Waals surface area contributed by atoms with Gasteiger partial charge in [0.25, 0.3) is 0 Å². The quantitative estimate of drug-likeness (QED) is 0.682. The second-order valence-corrected chi connectivity index (χ2v) is 6.07. The van der Waals surface area contributed by atoms with Crippen molar-refractivity contribution in [2.75, 3.05) is 6.54 Å². The Morgan fingerprint density at radius 2 is 2.05 bits per heavy atom. The number of rotatable bonds is 9. The highest BCUT2D eigenvalue weighted by Gasteiger charge is 2.10. The van der Waals surface area contributed by atoms with E-state index in [4.69, 9.17) is 0 Å². The van der Waals surface area contributed by atoms with E-state index in [0.29, 0.717) is 6.04 Å². The monoisotopic (exact) mass is 288 g/mol. The number of aromatic nitrogens is 1. The molecule has 0 spiro atoms. The lowest BCUT2D eigenvalue weighted by Crippen LogP contribution is -2.23. The van der Waals surface area contributed by atoms with Crippen LogP contribution in [0, 0.1) is 0 Å². The third kappa shape index (κ3) is 5.06. The molecule has 1 aromatic carbocycles. The fraction of sp³-hybridized carbons (Fsp3) is 0.471. The zero-order valence-corrected chi connectivity index (χ0v) is 13.0. The number of hydrogen-bond acceptors (Lipinski definition) is 3. The zero-order valence-electron chi connectivity index (χ0n) is 12.2. The summed E-state index contributed by atoms with van der Waals surface area (Å²) < 4.78 is 0. The highest BCUT2D eigenvalue weighted by Crippen LogP contribution is 2.19. The molecular weight excluding hydrogens is 264 g/mol. The summed E-state index contributed by atoms with van der Waals surface area (Å²) in [4.78, 5) is 4.34. The van der Waals surface area contributed by atoms with Crippen molar-refractivity contribution < 1.29 is 0 Å². The molecule has 108 valence electrons. The first-order valence-electron chi connectivity index (χ1n) is 7.57. The van der Waals surface area contributed by atoms with Crippen LogP contribution < -0.4 is 5.32 Å². The van der Waals surface area contributed by atoms with Gasteiger partial charge in [-0.05, 0) is 12.0 Å². The van der Waals surface area contributed by atoms with Gasteiger partial charge in [-0.1, -0.05) is 56.5 Å². The second kappa shape index (κ2) is 8.88. The molecule has 0 radical (unpaired) electrons. The van der Waals surface area contributed by atoms with Crippen molar-refractivity contribution in [2.24, 2.45) is 0 Å². The minimum atomic E-state index is 0.475. The van der Waals surface area contributed by atoms with E-state index < -0.39 is 0 Å². The van der Waals surface area contributed by atoms with Crippen LogP contribution in [0.25, 0.3) is 0 Å². The van der Waals surface area contributed by atoms with Gasteiger partial charge in [0.05, 0.1) is 5.01 Å². The molecule has 1 unspecified atom stereocenters. The van der Waals surface area contributed by atoms with E-state index in [2.05, 4.69) is 47.6 Å². The molecule has 0 aliphatic carbocycles. The molecule has 0 saturated carbocycles. The van der Waals surface area contributed by atoms with Crippen molar-refractivity contribution in [3.8, 4) is 0 Å². The van der Waals surface area contributed by atoms with Crippen molar-refractivity contribution >= 4 is 11.3 Å². The molecule has 0 aliphatic rings. The lowest BCUT2D eigenvalue weighted by molar-refractivity contribution is 0.477. The Bertz CT molecular complexity index is 453. The maximum absolute atomic E-state index is 4.34. The van der Waals surface area contributed by atoms with Crippen LogP contribution in [0.4, 0.5) is 0 Å². The number of nitrogens with zero attached hydrogens (tertiary/aromatic N) is 1. The van der Waals surface area contributed by atoms with Crippen LogP contribution in [0.3, 0.4) is 0 Å². The normalized spacial score (nSPS) is 12.4. The highest BCUT2D eigenvalue weighted by molar-refractivity contribution is 7.09. The maximum Gasteiger partial charge on any atom is 0.0937 e. The fourth-order valence-electron chi connectivity index (χ4n) is 2.40. The summed E-state index contributed by atoms with van der Waals surface area (Å²) in [6, 6.07) is 11.3. The van der Waals surface area contributed by atoms with Crippen LogP contribution in [-0.2, 0) is 6.42 Å². The molecule has 2 aromatic rings. The van der Waals surface area contributed by atoms with Crippen LogP contribution in [0.5, 0.6) is 0 Å². The predicted molar refractivity (Wildman–Crippen MR) is 87.1 cm³/mol. The van der Waals surface area contributed by atoms with Gasteiger partial charge in [0.2, 0.25) is 0 Å². The van der Waals surface area contributed by atoms with E-state index in [0.717, 1.165) is 13.0 Å². The van der Waals surface area contributed by atoms with Crippen molar-refractivity contribution in [2.45, 2.75) is 45.1 Å². The number of thiazole rings is 1. The van der Waals surface area contributed by atoms with Crippen molar-refractivity contribution in [3.05, 3.63) is 52.5 Å². The molecule has 1 aromatic heterocycles. The second-order valence-electron chi connectivity index (χ2n) is 5.09.